The number of carboxylic acid groups (broad SMARTS) is 1. The molecule has 0 aliphatic heterocycles. The van der Waals surface area contributed by atoms with E-state index in [-0.39, 0.29) is 22.0 Å². The Bertz CT molecular complexity index is 1620. The lowest BCUT2D eigenvalue weighted by atomic mass is 10.1. The number of benzene rings is 3. The SMILES string of the molecule is Cc1noc(-c2ccc(CS(=O)(=O)c3ccccc3CC(=O)O)cc2)c1NC(=O)OC(C)c1ccccc1Cl. The summed E-state index contributed by atoms with van der Waals surface area (Å²) in [5, 5.41) is 16.2. The minimum Gasteiger partial charge on any atom is -0.481 e. The highest BCUT2D eigenvalue weighted by Crippen LogP contribution is 2.33. The Kier molecular flexibility index (Phi) is 8.37. The number of nitrogens with zero attached hydrogens (tertiary/aromatic N) is 1. The fourth-order valence-corrected chi connectivity index (χ4v) is 5.94. The number of amides is 1. The molecule has 2 N–H and O–H groups in total. The minimum absolute atomic E-state index is 0.0154. The number of aryl methyl sites for hydroxylation is 1. The van der Waals surface area contributed by atoms with E-state index in [1.807, 2.05) is 0 Å². The average Bonchev–Trinajstić information content (AvgIpc) is 3.24. The number of hydrogen-bond donors (Lipinski definition) is 2. The van der Waals surface area contributed by atoms with Gasteiger partial charge in [-0.2, -0.15) is 0 Å². The Morgan fingerprint density at radius 3 is 2.41 bits per heavy atom. The van der Waals surface area contributed by atoms with Crippen LogP contribution in [0.1, 0.15) is 35.4 Å². The number of anilines is 1. The summed E-state index contributed by atoms with van der Waals surface area (Å²) in [6.07, 6.45) is -1.73. The van der Waals surface area contributed by atoms with Crippen molar-refractivity contribution in [3.8, 4) is 11.3 Å². The quantitative estimate of drug-likeness (QED) is 0.243. The van der Waals surface area contributed by atoms with Crippen LogP contribution in [0.4, 0.5) is 10.5 Å². The van der Waals surface area contributed by atoms with Crippen LogP contribution in [0.15, 0.2) is 82.2 Å². The summed E-state index contributed by atoms with van der Waals surface area (Å²) in [6.45, 7) is 3.37. The van der Waals surface area contributed by atoms with Gasteiger partial charge in [0.15, 0.2) is 15.6 Å². The van der Waals surface area contributed by atoms with Crippen molar-refractivity contribution in [3.05, 3.63) is 100 Å². The average molecular weight is 569 g/mol. The number of hydrogen-bond acceptors (Lipinski definition) is 7. The van der Waals surface area contributed by atoms with Crippen molar-refractivity contribution in [2.24, 2.45) is 0 Å². The van der Waals surface area contributed by atoms with E-state index in [4.69, 9.17) is 26.0 Å². The molecule has 4 aromatic rings. The first-order valence-corrected chi connectivity index (χ1v) is 13.9. The van der Waals surface area contributed by atoms with E-state index in [0.717, 1.165) is 0 Å². The first kappa shape index (κ1) is 27.9. The summed E-state index contributed by atoms with van der Waals surface area (Å²) in [4.78, 5) is 23.8. The summed E-state index contributed by atoms with van der Waals surface area (Å²) in [5.41, 5.74) is 2.67. The number of aromatic nitrogens is 1. The zero-order chi connectivity index (χ0) is 28.2. The number of carbonyl (C=O) groups is 2. The zero-order valence-electron chi connectivity index (χ0n) is 21.0. The number of carbonyl (C=O) groups excluding carboxylic acids is 1. The molecule has 39 heavy (non-hydrogen) atoms. The van der Waals surface area contributed by atoms with Crippen molar-refractivity contribution in [1.82, 2.24) is 5.16 Å². The van der Waals surface area contributed by atoms with Crippen LogP contribution < -0.4 is 5.32 Å². The maximum absolute atomic E-state index is 13.1. The molecule has 1 aromatic heterocycles. The molecule has 9 nitrogen and oxygen atoms in total. The molecule has 1 atom stereocenters. The van der Waals surface area contributed by atoms with Gasteiger partial charge in [0.05, 0.1) is 17.1 Å². The van der Waals surface area contributed by atoms with E-state index in [9.17, 15) is 18.0 Å². The molecule has 0 aliphatic carbocycles. The Hall–Kier alpha value is -4.15. The monoisotopic (exact) mass is 568 g/mol. The third-order valence-electron chi connectivity index (χ3n) is 5.94. The molecular formula is C28H25ClN2O7S. The molecule has 4 rings (SSSR count). The van der Waals surface area contributed by atoms with Crippen LogP contribution in [0.25, 0.3) is 11.3 Å². The second-order valence-electron chi connectivity index (χ2n) is 8.80. The fraction of sp³-hybridized carbons (Fsp3) is 0.179. The van der Waals surface area contributed by atoms with Crippen LogP contribution in [0.3, 0.4) is 0 Å². The number of ether oxygens (including phenoxy) is 1. The van der Waals surface area contributed by atoms with Crippen molar-refractivity contribution >= 4 is 39.2 Å². The van der Waals surface area contributed by atoms with E-state index >= 15 is 0 Å². The number of halogens is 1. The number of nitrogens with one attached hydrogen (secondary N) is 1. The Balaban J connectivity index is 1.49. The van der Waals surface area contributed by atoms with Crippen molar-refractivity contribution < 1.29 is 32.4 Å². The first-order chi connectivity index (χ1) is 18.5. The summed E-state index contributed by atoms with van der Waals surface area (Å²) >= 11 is 6.19. The van der Waals surface area contributed by atoms with Gasteiger partial charge in [0.25, 0.3) is 0 Å². The highest BCUT2D eigenvalue weighted by Gasteiger charge is 2.23. The predicted octanol–water partition coefficient (Wildman–Crippen LogP) is 6.21. The van der Waals surface area contributed by atoms with E-state index in [0.29, 0.717) is 33.1 Å². The molecule has 1 unspecified atom stereocenters. The van der Waals surface area contributed by atoms with Gasteiger partial charge in [-0.25, -0.2) is 13.2 Å². The smallest absolute Gasteiger partial charge is 0.412 e. The highest BCUT2D eigenvalue weighted by atomic mass is 35.5. The van der Waals surface area contributed by atoms with Gasteiger partial charge in [-0.05, 0) is 37.1 Å². The van der Waals surface area contributed by atoms with Gasteiger partial charge in [-0.3, -0.25) is 10.1 Å². The summed E-state index contributed by atoms with van der Waals surface area (Å²) in [7, 11) is -3.81. The molecule has 0 spiro atoms. The van der Waals surface area contributed by atoms with Gasteiger partial charge < -0.3 is 14.4 Å². The Morgan fingerprint density at radius 1 is 1.05 bits per heavy atom. The van der Waals surface area contributed by atoms with Crippen molar-refractivity contribution in [2.45, 2.75) is 37.0 Å². The molecule has 11 heteroatoms. The Morgan fingerprint density at radius 2 is 1.72 bits per heavy atom. The molecule has 0 radical (unpaired) electrons. The molecule has 1 amide bonds. The van der Waals surface area contributed by atoms with Gasteiger partial charge >= 0.3 is 12.1 Å². The van der Waals surface area contributed by atoms with Gasteiger partial charge in [-0.1, -0.05) is 77.4 Å². The summed E-state index contributed by atoms with van der Waals surface area (Å²) < 4.78 is 37.0. The fourth-order valence-electron chi connectivity index (χ4n) is 4.04. The van der Waals surface area contributed by atoms with Crippen molar-refractivity contribution in [2.75, 3.05) is 5.32 Å². The minimum atomic E-state index is -3.81. The third kappa shape index (κ3) is 6.65. The number of sulfone groups is 1. The second kappa shape index (κ2) is 11.7. The normalized spacial score (nSPS) is 12.1. The number of aliphatic carboxylic acids is 1. The maximum atomic E-state index is 13.1. The summed E-state index contributed by atoms with van der Waals surface area (Å²) in [6, 6.07) is 19.6. The van der Waals surface area contributed by atoms with Crippen molar-refractivity contribution in [1.29, 1.82) is 0 Å². The molecule has 1 heterocycles. The maximum Gasteiger partial charge on any atom is 0.412 e. The molecule has 0 aliphatic rings. The number of rotatable bonds is 9. The van der Waals surface area contributed by atoms with Gasteiger partial charge in [0, 0.05) is 16.1 Å². The lowest BCUT2D eigenvalue weighted by Crippen LogP contribution is -2.17. The van der Waals surface area contributed by atoms with E-state index in [1.54, 1.807) is 74.5 Å². The van der Waals surface area contributed by atoms with Gasteiger partial charge in [0.1, 0.15) is 17.5 Å². The van der Waals surface area contributed by atoms with Crippen LogP contribution >= 0.6 is 11.6 Å². The molecule has 0 saturated heterocycles. The number of carboxylic acids is 1. The van der Waals surface area contributed by atoms with Crippen LogP contribution in [-0.4, -0.2) is 30.7 Å². The molecule has 3 aromatic carbocycles. The van der Waals surface area contributed by atoms with E-state index in [2.05, 4.69) is 10.5 Å². The molecule has 202 valence electrons. The standard InChI is InChI=1S/C28H25ClN2O7S/c1-17-26(30-28(34)37-18(2)22-8-4-5-9-23(22)29)27(38-31-17)20-13-11-19(12-14-20)16-39(35,36)24-10-6-3-7-21(24)15-25(32)33/h3-14,18H,15-16H2,1-2H3,(H,30,34)(H,32,33). The molecule has 0 fully saturated rings. The molecular weight excluding hydrogens is 544 g/mol. The van der Waals surface area contributed by atoms with Gasteiger partial charge in [-0.15, -0.1) is 0 Å². The lowest BCUT2D eigenvalue weighted by Gasteiger charge is -2.15. The predicted molar refractivity (Wildman–Crippen MR) is 145 cm³/mol. The van der Waals surface area contributed by atoms with Crippen molar-refractivity contribution in [3.63, 3.8) is 0 Å². The zero-order valence-corrected chi connectivity index (χ0v) is 22.6. The second-order valence-corrected chi connectivity index (χ2v) is 11.2. The van der Waals surface area contributed by atoms with Crippen LogP contribution in [-0.2, 0) is 31.5 Å². The lowest BCUT2D eigenvalue weighted by molar-refractivity contribution is -0.136. The van der Waals surface area contributed by atoms with Crippen LogP contribution in [0.5, 0.6) is 0 Å². The third-order valence-corrected chi connectivity index (χ3v) is 8.06. The first-order valence-electron chi connectivity index (χ1n) is 11.8. The Labute approximate surface area is 230 Å². The van der Waals surface area contributed by atoms with Crippen LogP contribution in [0, 0.1) is 6.92 Å². The van der Waals surface area contributed by atoms with E-state index in [1.165, 1.54) is 12.1 Å². The summed E-state index contributed by atoms with van der Waals surface area (Å²) in [5.74, 6) is -1.16. The topological polar surface area (TPSA) is 136 Å². The van der Waals surface area contributed by atoms with Gasteiger partial charge in [0.2, 0.25) is 0 Å². The largest absolute Gasteiger partial charge is 0.481 e. The highest BCUT2D eigenvalue weighted by molar-refractivity contribution is 7.90. The molecule has 0 bridgehead atoms. The van der Waals surface area contributed by atoms with E-state index < -0.39 is 34.4 Å². The van der Waals surface area contributed by atoms with Crippen LogP contribution in [0.2, 0.25) is 5.02 Å². The molecule has 0 saturated carbocycles.